The van der Waals surface area contributed by atoms with Crippen molar-refractivity contribution in [3.8, 4) is 34.3 Å². The molecule has 41 heavy (non-hydrogen) atoms. The molecule has 2 aliphatic rings. The predicted octanol–water partition coefficient (Wildman–Crippen LogP) is 4.90. The number of hydrogen-bond donors (Lipinski definition) is 1. The molecule has 222 valence electrons. The number of aliphatic hydroxyl groups excluding tert-OH is 1. The van der Waals surface area contributed by atoms with Gasteiger partial charge in [-0.1, -0.05) is 13.8 Å². The number of fused-ring (bicyclic) bond motifs is 4. The third-order valence-electron chi connectivity index (χ3n) is 8.42. The molecule has 10 nitrogen and oxygen atoms in total. The number of rotatable bonds is 10. The number of benzene rings is 2. The normalized spacial score (nSPS) is 22.9. The van der Waals surface area contributed by atoms with E-state index in [2.05, 4.69) is 13.8 Å². The SMILES string of the molecule is COCOc1ccc(-c2oc3cc(OCOC)c4c(c3c(=O)c2OCOC)O[C@]2(C)CC[C@@H](O)C(C)(C)[C@@H]2C4)cc1. The Morgan fingerprint density at radius 2 is 1.61 bits per heavy atom. The van der Waals surface area contributed by atoms with E-state index < -0.39 is 17.1 Å². The van der Waals surface area contributed by atoms with E-state index >= 15 is 0 Å². The van der Waals surface area contributed by atoms with Crippen LogP contribution in [0.3, 0.4) is 0 Å². The minimum Gasteiger partial charge on any atom is -0.486 e. The summed E-state index contributed by atoms with van der Waals surface area (Å²) in [5.74, 6) is 1.72. The molecule has 10 heteroatoms. The van der Waals surface area contributed by atoms with Gasteiger partial charge in [0.15, 0.2) is 26.1 Å². The zero-order chi connectivity index (χ0) is 29.4. The Bertz CT molecular complexity index is 1440. The first kappa shape index (κ1) is 29.2. The van der Waals surface area contributed by atoms with E-state index in [1.807, 2.05) is 6.92 Å². The number of methoxy groups -OCH3 is 3. The van der Waals surface area contributed by atoms with E-state index in [1.54, 1.807) is 44.6 Å². The molecule has 1 N–H and O–H groups in total. The van der Waals surface area contributed by atoms with Crippen molar-refractivity contribution in [2.45, 2.75) is 51.7 Å². The van der Waals surface area contributed by atoms with Gasteiger partial charge in [0.2, 0.25) is 11.2 Å². The van der Waals surface area contributed by atoms with Crippen molar-refractivity contribution in [2.24, 2.45) is 11.3 Å². The summed E-state index contributed by atoms with van der Waals surface area (Å²) in [5, 5.41) is 11.1. The van der Waals surface area contributed by atoms with E-state index in [4.69, 9.17) is 37.6 Å². The maximum absolute atomic E-state index is 14.2. The van der Waals surface area contributed by atoms with E-state index in [1.165, 1.54) is 7.11 Å². The van der Waals surface area contributed by atoms with Crippen LogP contribution in [0.2, 0.25) is 0 Å². The van der Waals surface area contributed by atoms with Gasteiger partial charge in [0.25, 0.3) is 0 Å². The van der Waals surface area contributed by atoms with E-state index in [0.29, 0.717) is 42.1 Å². The van der Waals surface area contributed by atoms with Crippen LogP contribution >= 0.6 is 0 Å². The van der Waals surface area contributed by atoms with Gasteiger partial charge in [-0.3, -0.25) is 4.79 Å². The summed E-state index contributed by atoms with van der Waals surface area (Å²) in [6, 6.07) is 8.75. The Morgan fingerprint density at radius 1 is 0.951 bits per heavy atom. The van der Waals surface area contributed by atoms with E-state index in [9.17, 15) is 9.90 Å². The average Bonchev–Trinajstić information content (AvgIpc) is 2.96. The van der Waals surface area contributed by atoms with Crippen molar-refractivity contribution < 1.29 is 42.7 Å². The molecular weight excluding hydrogens is 532 g/mol. The largest absolute Gasteiger partial charge is 0.486 e. The zero-order valence-electron chi connectivity index (χ0n) is 24.4. The molecule has 5 rings (SSSR count). The summed E-state index contributed by atoms with van der Waals surface area (Å²) in [4.78, 5) is 14.2. The summed E-state index contributed by atoms with van der Waals surface area (Å²) in [6.07, 6.45) is 1.31. The average molecular weight is 571 g/mol. The summed E-state index contributed by atoms with van der Waals surface area (Å²) in [6.45, 7) is 6.14. The summed E-state index contributed by atoms with van der Waals surface area (Å²) < 4.78 is 45.8. The molecule has 1 aliphatic heterocycles. The molecule has 0 saturated heterocycles. The lowest BCUT2D eigenvalue weighted by atomic mass is 9.57. The second kappa shape index (κ2) is 11.5. The smallest absolute Gasteiger partial charge is 0.239 e. The lowest BCUT2D eigenvalue weighted by Crippen LogP contribution is -2.58. The highest BCUT2D eigenvalue weighted by molar-refractivity contribution is 5.90. The van der Waals surface area contributed by atoms with Crippen LogP contribution in [-0.4, -0.2) is 58.5 Å². The first-order chi connectivity index (χ1) is 19.6. The van der Waals surface area contributed by atoms with E-state index in [-0.39, 0.29) is 54.2 Å². The Labute approximate surface area is 239 Å². The summed E-state index contributed by atoms with van der Waals surface area (Å²) in [5.41, 5.74) is 0.211. The van der Waals surface area contributed by atoms with Crippen LogP contribution in [0.15, 0.2) is 39.5 Å². The third kappa shape index (κ3) is 5.25. The molecule has 2 aromatic carbocycles. The Kier molecular flexibility index (Phi) is 8.20. The Morgan fingerprint density at radius 3 is 2.29 bits per heavy atom. The van der Waals surface area contributed by atoms with Gasteiger partial charge in [0, 0.05) is 44.4 Å². The second-order valence-electron chi connectivity index (χ2n) is 11.4. The molecule has 0 unspecified atom stereocenters. The van der Waals surface area contributed by atoms with Gasteiger partial charge in [-0.25, -0.2) is 0 Å². The van der Waals surface area contributed by atoms with Gasteiger partial charge >= 0.3 is 0 Å². The van der Waals surface area contributed by atoms with Crippen LogP contribution in [0.5, 0.6) is 23.0 Å². The minimum absolute atomic E-state index is 0.000951. The van der Waals surface area contributed by atoms with Gasteiger partial charge in [0.1, 0.15) is 33.8 Å². The molecule has 0 amide bonds. The van der Waals surface area contributed by atoms with Gasteiger partial charge in [-0.2, -0.15) is 0 Å². The van der Waals surface area contributed by atoms with Crippen molar-refractivity contribution in [1.29, 1.82) is 0 Å². The molecule has 3 atom stereocenters. The Balaban J connectivity index is 1.71. The summed E-state index contributed by atoms with van der Waals surface area (Å²) >= 11 is 0. The fourth-order valence-corrected chi connectivity index (χ4v) is 6.17. The first-order valence-corrected chi connectivity index (χ1v) is 13.6. The fraction of sp³-hybridized carbons (Fsp3) is 0.516. The highest BCUT2D eigenvalue weighted by atomic mass is 16.7. The van der Waals surface area contributed by atoms with Crippen molar-refractivity contribution in [3.05, 3.63) is 46.1 Å². The van der Waals surface area contributed by atoms with Crippen LogP contribution in [0, 0.1) is 11.3 Å². The van der Waals surface area contributed by atoms with Crippen molar-refractivity contribution in [1.82, 2.24) is 0 Å². The van der Waals surface area contributed by atoms with E-state index in [0.717, 1.165) is 5.56 Å². The molecular formula is C31H38O10. The molecule has 3 aromatic rings. The molecule has 0 radical (unpaired) electrons. The van der Waals surface area contributed by atoms with Crippen LogP contribution in [0.4, 0.5) is 0 Å². The third-order valence-corrected chi connectivity index (χ3v) is 8.42. The molecule has 0 bridgehead atoms. The van der Waals surface area contributed by atoms with Crippen LogP contribution in [-0.2, 0) is 20.6 Å². The highest BCUT2D eigenvalue weighted by Crippen LogP contribution is 2.56. The monoisotopic (exact) mass is 570 g/mol. The lowest BCUT2D eigenvalue weighted by molar-refractivity contribution is -0.137. The van der Waals surface area contributed by atoms with Crippen LogP contribution < -0.4 is 24.4 Å². The zero-order valence-corrected chi connectivity index (χ0v) is 24.4. The maximum Gasteiger partial charge on any atom is 0.239 e. The van der Waals surface area contributed by atoms with Crippen LogP contribution in [0.1, 0.15) is 39.2 Å². The summed E-state index contributed by atoms with van der Waals surface area (Å²) in [7, 11) is 4.57. The van der Waals surface area contributed by atoms with Crippen LogP contribution in [0.25, 0.3) is 22.3 Å². The lowest BCUT2D eigenvalue weighted by Gasteiger charge is -2.55. The molecule has 2 heterocycles. The standard InChI is InChI=1S/C31H38O10/c1-30(2)23-13-20-21(38-16-35-5)14-22-25(28(20)41-31(23,3)12-11-24(30)32)26(33)29(39-17-36-6)27(40-22)18-7-9-19(10-8-18)37-15-34-4/h7-10,14,23-24,32H,11-13,15-17H2,1-6H3/t23-,24+,31+/m0/s1. The number of ether oxygens (including phenoxy) is 7. The molecule has 0 spiro atoms. The number of hydrogen-bond acceptors (Lipinski definition) is 10. The Hall–Kier alpha value is -3.31. The fourth-order valence-electron chi connectivity index (χ4n) is 6.17. The molecule has 1 fully saturated rings. The number of aliphatic hydroxyl groups is 1. The maximum atomic E-state index is 14.2. The highest BCUT2D eigenvalue weighted by Gasteiger charge is 2.55. The molecule has 1 saturated carbocycles. The topological polar surface area (TPSA) is 115 Å². The first-order valence-electron chi connectivity index (χ1n) is 13.6. The molecule has 1 aromatic heterocycles. The van der Waals surface area contributed by atoms with Gasteiger partial charge in [-0.15, -0.1) is 0 Å². The van der Waals surface area contributed by atoms with Crippen molar-refractivity contribution in [2.75, 3.05) is 41.7 Å². The van der Waals surface area contributed by atoms with Crippen molar-refractivity contribution in [3.63, 3.8) is 0 Å². The van der Waals surface area contributed by atoms with Gasteiger partial charge in [0.05, 0.1) is 6.10 Å². The van der Waals surface area contributed by atoms with Crippen molar-refractivity contribution >= 4 is 11.0 Å². The second-order valence-corrected chi connectivity index (χ2v) is 11.4. The minimum atomic E-state index is -0.612. The predicted molar refractivity (Wildman–Crippen MR) is 151 cm³/mol. The molecule has 1 aliphatic carbocycles. The van der Waals surface area contributed by atoms with Gasteiger partial charge < -0.3 is 42.7 Å². The van der Waals surface area contributed by atoms with Gasteiger partial charge in [-0.05, 0) is 55.9 Å². The quantitative estimate of drug-likeness (QED) is 0.338.